The number of nitrogens with one attached hydrogen (secondary N) is 1. The Hall–Kier alpha value is -2.74. The first-order valence-electron chi connectivity index (χ1n) is 11.2. The van der Waals surface area contributed by atoms with Crippen LogP contribution >= 0.6 is 23.2 Å². The molecule has 2 aromatic carbocycles. The second kappa shape index (κ2) is 9.04. The molecule has 6 nitrogen and oxygen atoms in total. The number of aromatic nitrogens is 1. The van der Waals surface area contributed by atoms with E-state index in [-0.39, 0.29) is 10.8 Å². The second-order valence-corrected chi connectivity index (χ2v) is 11.9. The summed E-state index contributed by atoms with van der Waals surface area (Å²) in [7, 11) is -3.35. The Kier molecular flexibility index (Phi) is 6.20. The number of amides is 1. The number of fused-ring (bicyclic) bond motifs is 3. The molecule has 9 heteroatoms. The van der Waals surface area contributed by atoms with E-state index in [9.17, 15) is 13.2 Å². The maximum absolute atomic E-state index is 13.5. The highest BCUT2D eigenvalue weighted by Crippen LogP contribution is 2.40. The normalized spacial score (nSPS) is 22.1. The minimum Gasteiger partial charge on any atom is -0.441 e. The lowest BCUT2D eigenvalue weighted by Gasteiger charge is -2.36. The number of aromatic amines is 1. The molecule has 0 radical (unpaired) electrons. The van der Waals surface area contributed by atoms with Crippen molar-refractivity contribution in [1.29, 1.82) is 0 Å². The fourth-order valence-electron chi connectivity index (χ4n) is 4.80. The number of allylic oxidation sites excluding steroid dienone is 2. The van der Waals surface area contributed by atoms with Gasteiger partial charge >= 0.3 is 6.09 Å². The summed E-state index contributed by atoms with van der Waals surface area (Å²) >= 11 is 12.4. The van der Waals surface area contributed by atoms with Crippen molar-refractivity contribution in [3.8, 4) is 0 Å². The molecule has 3 atom stereocenters. The van der Waals surface area contributed by atoms with E-state index >= 15 is 0 Å². The SMILES string of the molecule is CC1C=C(Cl)C=CC1OC(=O)N1CCc2c([nH]c3ccc(Cl)cc23)C1c1ccc(S(C)(=O)=O)cc1. The molecule has 1 aliphatic carbocycles. The lowest BCUT2D eigenvalue weighted by molar-refractivity contribution is 0.0568. The number of carbonyl (C=O) groups excluding carboxylic acids is 1. The van der Waals surface area contributed by atoms with Gasteiger partial charge in [0.15, 0.2) is 9.84 Å². The Balaban J connectivity index is 1.56. The zero-order valence-corrected chi connectivity index (χ0v) is 21.5. The Morgan fingerprint density at radius 3 is 2.57 bits per heavy atom. The van der Waals surface area contributed by atoms with Crippen molar-refractivity contribution in [3.05, 3.63) is 87.6 Å². The van der Waals surface area contributed by atoms with Gasteiger partial charge in [-0.05, 0) is 60.0 Å². The number of ether oxygens (including phenoxy) is 1. The van der Waals surface area contributed by atoms with Crippen molar-refractivity contribution in [2.75, 3.05) is 12.8 Å². The highest BCUT2D eigenvalue weighted by molar-refractivity contribution is 7.90. The fraction of sp³-hybridized carbons (Fsp3) is 0.269. The molecule has 0 saturated carbocycles. The van der Waals surface area contributed by atoms with Gasteiger partial charge in [0, 0.05) is 45.4 Å². The van der Waals surface area contributed by atoms with E-state index in [4.69, 9.17) is 27.9 Å². The average Bonchev–Trinajstić information content (AvgIpc) is 3.17. The first kappa shape index (κ1) is 24.0. The smallest absolute Gasteiger partial charge is 0.411 e. The van der Waals surface area contributed by atoms with Crippen LogP contribution in [0.25, 0.3) is 10.9 Å². The Labute approximate surface area is 214 Å². The summed E-state index contributed by atoms with van der Waals surface area (Å²) in [6.45, 7) is 2.38. The predicted molar refractivity (Wildman–Crippen MR) is 138 cm³/mol. The maximum Gasteiger partial charge on any atom is 0.411 e. The topological polar surface area (TPSA) is 79.5 Å². The molecule has 0 bridgehead atoms. The zero-order chi connectivity index (χ0) is 24.9. The van der Waals surface area contributed by atoms with E-state index in [1.54, 1.807) is 41.3 Å². The zero-order valence-electron chi connectivity index (χ0n) is 19.2. The molecule has 2 aliphatic rings. The molecule has 1 aliphatic heterocycles. The van der Waals surface area contributed by atoms with Gasteiger partial charge in [0.05, 0.1) is 4.90 Å². The number of halogens is 2. The molecule has 3 aromatic rings. The van der Waals surface area contributed by atoms with Gasteiger partial charge in [-0.3, -0.25) is 4.90 Å². The summed E-state index contributed by atoms with van der Waals surface area (Å²) < 4.78 is 29.9. The molecule has 5 rings (SSSR count). The predicted octanol–water partition coefficient (Wildman–Crippen LogP) is 6.01. The third kappa shape index (κ3) is 4.60. The summed E-state index contributed by atoms with van der Waals surface area (Å²) in [6, 6.07) is 11.8. The van der Waals surface area contributed by atoms with Gasteiger partial charge in [-0.2, -0.15) is 0 Å². The number of H-pyrrole nitrogens is 1. The lowest BCUT2D eigenvalue weighted by Crippen LogP contribution is -2.42. The first-order valence-corrected chi connectivity index (χ1v) is 13.9. The van der Waals surface area contributed by atoms with E-state index in [1.165, 1.54) is 6.26 Å². The number of sulfone groups is 1. The van der Waals surface area contributed by atoms with Gasteiger partial charge < -0.3 is 9.72 Å². The van der Waals surface area contributed by atoms with Crippen molar-refractivity contribution in [1.82, 2.24) is 9.88 Å². The van der Waals surface area contributed by atoms with E-state index in [1.807, 2.05) is 31.2 Å². The van der Waals surface area contributed by atoms with Gasteiger partial charge in [-0.15, -0.1) is 0 Å². The summed E-state index contributed by atoms with van der Waals surface area (Å²) in [5.74, 6) is -0.0560. The molecule has 1 aromatic heterocycles. The van der Waals surface area contributed by atoms with Crippen LogP contribution in [-0.4, -0.2) is 43.3 Å². The molecular formula is C26H24Cl2N2O4S. The number of nitrogens with zero attached hydrogens (tertiary/aromatic N) is 1. The number of carbonyl (C=O) groups is 1. The van der Waals surface area contributed by atoms with Crippen LogP contribution in [0.2, 0.25) is 5.02 Å². The highest BCUT2D eigenvalue weighted by atomic mass is 35.5. The second-order valence-electron chi connectivity index (χ2n) is 9.01. The van der Waals surface area contributed by atoms with E-state index in [0.717, 1.165) is 27.7 Å². The Morgan fingerprint density at radius 2 is 1.89 bits per heavy atom. The van der Waals surface area contributed by atoms with Gasteiger partial charge in [0.1, 0.15) is 12.1 Å². The minimum atomic E-state index is -3.35. The fourth-order valence-corrected chi connectivity index (χ4v) is 5.87. The van der Waals surface area contributed by atoms with Crippen molar-refractivity contribution < 1.29 is 17.9 Å². The van der Waals surface area contributed by atoms with Crippen LogP contribution in [0.1, 0.15) is 29.8 Å². The third-order valence-corrected chi connectivity index (χ3v) is 8.19. The largest absolute Gasteiger partial charge is 0.441 e. The molecule has 2 heterocycles. The van der Waals surface area contributed by atoms with E-state index < -0.39 is 28.1 Å². The maximum atomic E-state index is 13.5. The summed E-state index contributed by atoms with van der Waals surface area (Å²) in [6.07, 6.45) is 6.31. The number of benzene rings is 2. The van der Waals surface area contributed by atoms with Gasteiger partial charge in [-0.1, -0.05) is 48.3 Å². The van der Waals surface area contributed by atoms with Crippen molar-refractivity contribution in [2.24, 2.45) is 5.92 Å². The molecule has 3 unspecified atom stereocenters. The monoisotopic (exact) mass is 530 g/mol. The summed E-state index contributed by atoms with van der Waals surface area (Å²) in [5.41, 5.74) is 3.66. The molecule has 182 valence electrons. The molecule has 1 amide bonds. The van der Waals surface area contributed by atoms with Crippen molar-refractivity contribution in [2.45, 2.75) is 30.4 Å². The van der Waals surface area contributed by atoms with Crippen LogP contribution in [0.5, 0.6) is 0 Å². The quantitative estimate of drug-likeness (QED) is 0.449. The van der Waals surface area contributed by atoms with Crippen LogP contribution in [0, 0.1) is 5.92 Å². The standard InChI is InChI=1S/C26H24Cl2N2O4S/c1-15-13-17(27)6-10-23(15)34-26(31)30-12-11-20-21-14-18(28)5-9-22(21)29-24(20)25(30)16-3-7-19(8-4-16)35(2,32)33/h3-10,13-15,23,25,29H,11-12H2,1-2H3. The van der Waals surface area contributed by atoms with Gasteiger partial charge in [-0.25, -0.2) is 13.2 Å². The van der Waals surface area contributed by atoms with Gasteiger partial charge in [0.2, 0.25) is 0 Å². The molecule has 0 fully saturated rings. The van der Waals surface area contributed by atoms with Crippen molar-refractivity contribution in [3.63, 3.8) is 0 Å². The van der Waals surface area contributed by atoms with Crippen LogP contribution in [-0.2, 0) is 21.0 Å². The molecular weight excluding hydrogens is 507 g/mol. The minimum absolute atomic E-state index is 0.0560. The summed E-state index contributed by atoms with van der Waals surface area (Å²) in [5, 5.41) is 2.27. The lowest BCUT2D eigenvalue weighted by atomic mass is 9.92. The average molecular weight is 531 g/mol. The third-order valence-electron chi connectivity index (χ3n) is 6.57. The number of hydrogen-bond donors (Lipinski definition) is 1. The molecule has 0 spiro atoms. The van der Waals surface area contributed by atoms with Crippen LogP contribution < -0.4 is 0 Å². The molecule has 1 N–H and O–H groups in total. The first-order chi connectivity index (χ1) is 16.6. The van der Waals surface area contributed by atoms with E-state index in [0.29, 0.717) is 23.0 Å². The molecule has 0 saturated heterocycles. The van der Waals surface area contributed by atoms with Crippen molar-refractivity contribution >= 4 is 50.0 Å². The summed E-state index contributed by atoms with van der Waals surface area (Å²) in [4.78, 5) is 18.9. The number of rotatable bonds is 3. The highest BCUT2D eigenvalue weighted by Gasteiger charge is 2.37. The number of hydrogen-bond acceptors (Lipinski definition) is 4. The Bertz CT molecular complexity index is 1470. The van der Waals surface area contributed by atoms with Crippen LogP contribution in [0.4, 0.5) is 4.79 Å². The molecule has 35 heavy (non-hydrogen) atoms. The van der Waals surface area contributed by atoms with E-state index in [2.05, 4.69) is 4.98 Å². The van der Waals surface area contributed by atoms with Crippen LogP contribution in [0.15, 0.2) is 70.6 Å². The van der Waals surface area contributed by atoms with Gasteiger partial charge in [0.25, 0.3) is 0 Å². The van der Waals surface area contributed by atoms with Crippen LogP contribution in [0.3, 0.4) is 0 Å². The Morgan fingerprint density at radius 1 is 1.14 bits per heavy atom.